The third kappa shape index (κ3) is 5.64. The molecule has 0 aliphatic carbocycles. The average Bonchev–Trinajstić information content (AvgIpc) is 3.54. The minimum absolute atomic E-state index is 0.124. The fourth-order valence-corrected chi connectivity index (χ4v) is 4.51. The maximum atomic E-state index is 13.5. The molecule has 4 aromatic rings. The molecule has 0 aliphatic heterocycles. The van der Waals surface area contributed by atoms with E-state index in [0.717, 1.165) is 33.2 Å². The lowest BCUT2D eigenvalue weighted by Gasteiger charge is -2.11. The van der Waals surface area contributed by atoms with Gasteiger partial charge in [-0.3, -0.25) is 9.36 Å². The van der Waals surface area contributed by atoms with Crippen LogP contribution in [0.5, 0.6) is 0 Å². The number of aromatic amines is 1. The van der Waals surface area contributed by atoms with E-state index in [9.17, 15) is 19.5 Å². The van der Waals surface area contributed by atoms with Crippen molar-refractivity contribution in [2.24, 2.45) is 5.92 Å². The molecule has 4 rings (SSSR count). The highest BCUT2D eigenvalue weighted by molar-refractivity contribution is 5.93. The van der Waals surface area contributed by atoms with Crippen molar-refractivity contribution in [3.63, 3.8) is 0 Å². The second-order valence-corrected chi connectivity index (χ2v) is 9.73. The fraction of sp³-hybridized carbons (Fsp3) is 0.357. The number of unbranched alkanes of at least 4 members (excludes halogenated alkanes) is 1. The standard InChI is InChI=1S/C28H32N6O4/c1-4-5-10-24(35)34-25(27(36)37)23(16-11-18(2)3)33(28(34)38)17-19-12-14-20(15-13-19)21-8-6-7-9-22(21)26-29-31-32-30-26/h6-9,12-15,18H,4-5,10-11,16-17H2,1-3H3,(H,36,37)(H,29,30,31,32). The molecule has 0 saturated carbocycles. The van der Waals surface area contributed by atoms with Crippen molar-refractivity contribution >= 4 is 11.9 Å². The molecule has 0 atom stereocenters. The van der Waals surface area contributed by atoms with Gasteiger partial charge in [-0.15, -0.1) is 5.10 Å². The highest BCUT2D eigenvalue weighted by Crippen LogP contribution is 2.30. The van der Waals surface area contributed by atoms with Crippen molar-refractivity contribution in [2.75, 3.05) is 0 Å². The summed E-state index contributed by atoms with van der Waals surface area (Å²) < 4.78 is 2.31. The third-order valence-corrected chi connectivity index (χ3v) is 6.53. The Morgan fingerprint density at radius 1 is 1.05 bits per heavy atom. The van der Waals surface area contributed by atoms with Gasteiger partial charge in [0.15, 0.2) is 11.5 Å². The molecule has 2 aromatic carbocycles. The second-order valence-electron chi connectivity index (χ2n) is 9.73. The van der Waals surface area contributed by atoms with Crippen molar-refractivity contribution in [2.45, 2.75) is 59.4 Å². The molecule has 0 amide bonds. The van der Waals surface area contributed by atoms with Gasteiger partial charge in [-0.2, -0.15) is 0 Å². The zero-order valence-corrected chi connectivity index (χ0v) is 21.8. The summed E-state index contributed by atoms with van der Waals surface area (Å²) in [6.07, 6.45) is 2.56. The van der Waals surface area contributed by atoms with Crippen LogP contribution in [0, 0.1) is 5.92 Å². The number of carboxylic acid groups (broad SMARTS) is 1. The van der Waals surface area contributed by atoms with Crippen molar-refractivity contribution in [1.82, 2.24) is 29.8 Å². The number of nitrogens with zero attached hydrogens (tertiary/aromatic N) is 5. The van der Waals surface area contributed by atoms with E-state index in [1.807, 2.05) is 69.3 Å². The normalized spacial score (nSPS) is 11.3. The van der Waals surface area contributed by atoms with E-state index in [1.165, 1.54) is 4.57 Å². The second kappa shape index (κ2) is 11.8. The van der Waals surface area contributed by atoms with Gasteiger partial charge in [0.25, 0.3) is 0 Å². The van der Waals surface area contributed by atoms with E-state index in [0.29, 0.717) is 36.7 Å². The first-order valence-corrected chi connectivity index (χ1v) is 12.8. The van der Waals surface area contributed by atoms with Crippen LogP contribution in [0.1, 0.15) is 73.0 Å². The molecule has 2 aromatic heterocycles. The number of benzene rings is 2. The first-order valence-electron chi connectivity index (χ1n) is 12.8. The van der Waals surface area contributed by atoms with Crippen LogP contribution in [0.15, 0.2) is 53.3 Å². The minimum Gasteiger partial charge on any atom is -0.477 e. The number of carbonyl (C=O) groups is 2. The maximum absolute atomic E-state index is 13.5. The number of nitrogens with one attached hydrogen (secondary N) is 1. The number of hydrogen-bond donors (Lipinski definition) is 2. The van der Waals surface area contributed by atoms with Gasteiger partial charge >= 0.3 is 11.7 Å². The van der Waals surface area contributed by atoms with E-state index < -0.39 is 17.6 Å². The van der Waals surface area contributed by atoms with Gasteiger partial charge in [-0.05, 0) is 52.3 Å². The van der Waals surface area contributed by atoms with Crippen LogP contribution in [0.25, 0.3) is 22.5 Å². The van der Waals surface area contributed by atoms with E-state index >= 15 is 0 Å². The molecule has 0 aliphatic rings. The van der Waals surface area contributed by atoms with Gasteiger partial charge in [0.1, 0.15) is 0 Å². The molecule has 0 unspecified atom stereocenters. The van der Waals surface area contributed by atoms with Gasteiger partial charge in [0, 0.05) is 12.0 Å². The third-order valence-electron chi connectivity index (χ3n) is 6.53. The molecule has 10 heteroatoms. The summed E-state index contributed by atoms with van der Waals surface area (Å²) in [6.45, 7) is 6.18. The minimum atomic E-state index is -1.27. The number of rotatable bonds is 11. The Labute approximate surface area is 220 Å². The summed E-state index contributed by atoms with van der Waals surface area (Å²) in [6, 6.07) is 15.4. The van der Waals surface area contributed by atoms with Gasteiger partial charge in [-0.25, -0.2) is 19.3 Å². The number of H-pyrrole nitrogens is 1. The number of imidazole rings is 1. The zero-order chi connectivity index (χ0) is 27.2. The first-order chi connectivity index (χ1) is 18.3. The Morgan fingerprint density at radius 3 is 2.37 bits per heavy atom. The highest BCUT2D eigenvalue weighted by Gasteiger charge is 2.28. The molecule has 10 nitrogen and oxygen atoms in total. The van der Waals surface area contributed by atoms with Crippen LogP contribution in [-0.4, -0.2) is 46.7 Å². The van der Waals surface area contributed by atoms with Crippen molar-refractivity contribution in [3.05, 3.63) is 76.0 Å². The predicted molar refractivity (Wildman–Crippen MR) is 143 cm³/mol. The average molecular weight is 517 g/mol. The first kappa shape index (κ1) is 26.7. The Morgan fingerprint density at radius 2 is 1.76 bits per heavy atom. The summed E-state index contributed by atoms with van der Waals surface area (Å²) in [5.74, 6) is -0.884. The Bertz CT molecular complexity index is 1470. The van der Waals surface area contributed by atoms with Crippen LogP contribution >= 0.6 is 0 Å². The number of aromatic carboxylic acids is 1. The maximum Gasteiger partial charge on any atom is 0.354 e. The summed E-state index contributed by atoms with van der Waals surface area (Å²) in [5.41, 5.74) is 3.10. The van der Waals surface area contributed by atoms with E-state index in [2.05, 4.69) is 20.6 Å². The van der Waals surface area contributed by atoms with E-state index in [1.54, 1.807) is 0 Å². The summed E-state index contributed by atoms with van der Waals surface area (Å²) in [4.78, 5) is 38.6. The van der Waals surface area contributed by atoms with Crippen LogP contribution in [0.2, 0.25) is 0 Å². The molecule has 0 saturated heterocycles. The quantitative estimate of drug-likeness (QED) is 0.296. The lowest BCUT2D eigenvalue weighted by molar-refractivity contribution is 0.0669. The SMILES string of the molecule is CCCCC(=O)n1c(C(=O)O)c(CCC(C)C)n(Cc2ccc(-c3ccccc3-c3nnn[nH]3)cc2)c1=O. The van der Waals surface area contributed by atoms with Gasteiger partial charge in [-0.1, -0.05) is 75.7 Å². The van der Waals surface area contributed by atoms with Crippen LogP contribution in [0.4, 0.5) is 0 Å². The molecular formula is C28H32N6O4. The molecule has 38 heavy (non-hydrogen) atoms. The molecule has 0 bridgehead atoms. The van der Waals surface area contributed by atoms with E-state index in [-0.39, 0.29) is 18.7 Å². The summed E-state index contributed by atoms with van der Waals surface area (Å²) in [5, 5.41) is 24.2. The zero-order valence-electron chi connectivity index (χ0n) is 21.8. The molecule has 0 radical (unpaired) electrons. The van der Waals surface area contributed by atoms with Gasteiger partial charge in [0.2, 0.25) is 5.91 Å². The van der Waals surface area contributed by atoms with Crippen molar-refractivity contribution in [3.8, 4) is 22.5 Å². The summed E-state index contributed by atoms with van der Waals surface area (Å²) >= 11 is 0. The van der Waals surface area contributed by atoms with Crippen molar-refractivity contribution in [1.29, 1.82) is 0 Å². The number of hydrogen-bond acceptors (Lipinski definition) is 6. The van der Waals surface area contributed by atoms with Crippen molar-refractivity contribution < 1.29 is 14.7 Å². The Kier molecular flexibility index (Phi) is 8.30. The van der Waals surface area contributed by atoms with Gasteiger partial charge in [0.05, 0.1) is 12.2 Å². The Balaban J connectivity index is 1.72. The Hall–Kier alpha value is -4.34. The number of tetrazole rings is 1. The largest absolute Gasteiger partial charge is 0.477 e. The molecule has 0 spiro atoms. The topological polar surface area (TPSA) is 136 Å². The van der Waals surface area contributed by atoms with Gasteiger partial charge < -0.3 is 5.11 Å². The number of aromatic nitrogens is 6. The lowest BCUT2D eigenvalue weighted by Crippen LogP contribution is -2.31. The monoisotopic (exact) mass is 516 g/mol. The number of carbonyl (C=O) groups excluding carboxylic acids is 1. The number of carboxylic acids is 1. The molecule has 198 valence electrons. The molecule has 2 heterocycles. The predicted octanol–water partition coefficient (Wildman–Crippen LogP) is 4.66. The smallest absolute Gasteiger partial charge is 0.354 e. The highest BCUT2D eigenvalue weighted by atomic mass is 16.4. The molecular weight excluding hydrogens is 484 g/mol. The molecule has 2 N–H and O–H groups in total. The van der Waals surface area contributed by atoms with Crippen LogP contribution in [0.3, 0.4) is 0 Å². The van der Waals surface area contributed by atoms with Crippen LogP contribution < -0.4 is 5.69 Å². The summed E-state index contributed by atoms with van der Waals surface area (Å²) in [7, 11) is 0. The van der Waals surface area contributed by atoms with E-state index in [4.69, 9.17) is 0 Å². The lowest BCUT2D eigenvalue weighted by atomic mass is 9.98. The van der Waals surface area contributed by atoms with Crippen LogP contribution in [-0.2, 0) is 13.0 Å². The fourth-order valence-electron chi connectivity index (χ4n) is 4.51. The molecule has 0 fully saturated rings.